The third-order valence-corrected chi connectivity index (χ3v) is 2.70. The van der Waals surface area contributed by atoms with Crippen molar-refractivity contribution in [1.29, 1.82) is 0 Å². The van der Waals surface area contributed by atoms with Crippen molar-refractivity contribution in [1.82, 2.24) is 5.32 Å². The molecule has 1 aliphatic heterocycles. The van der Waals surface area contributed by atoms with Crippen LogP contribution in [0.15, 0.2) is 18.2 Å². The fourth-order valence-electron chi connectivity index (χ4n) is 2.03. The van der Waals surface area contributed by atoms with Gasteiger partial charge in [-0.1, -0.05) is 52.8 Å². The van der Waals surface area contributed by atoms with E-state index in [4.69, 9.17) is 0 Å². The maximum Gasteiger partial charge on any atom is 0.0214 e. The second-order valence-electron chi connectivity index (χ2n) is 4.80. The summed E-state index contributed by atoms with van der Waals surface area (Å²) in [7, 11) is 0. The van der Waals surface area contributed by atoms with Gasteiger partial charge in [0.2, 0.25) is 0 Å². The Bertz CT molecular complexity index is 321. The van der Waals surface area contributed by atoms with E-state index in [0.717, 1.165) is 13.1 Å². The quantitative estimate of drug-likeness (QED) is 0.682. The molecule has 84 valence electrons. The Morgan fingerprint density at radius 2 is 1.73 bits per heavy atom. The highest BCUT2D eigenvalue weighted by atomic mass is 14.9. The molecule has 0 aromatic heterocycles. The van der Waals surface area contributed by atoms with Crippen LogP contribution < -0.4 is 5.32 Å². The van der Waals surface area contributed by atoms with E-state index in [1.165, 1.54) is 16.7 Å². The van der Waals surface area contributed by atoms with Gasteiger partial charge in [0.25, 0.3) is 0 Å². The van der Waals surface area contributed by atoms with E-state index < -0.39 is 0 Å². The molecule has 1 aliphatic rings. The first-order chi connectivity index (χ1) is 7.09. The molecule has 0 spiro atoms. The van der Waals surface area contributed by atoms with Crippen LogP contribution in [0.4, 0.5) is 0 Å². The van der Waals surface area contributed by atoms with Crippen LogP contribution in [0.25, 0.3) is 0 Å². The molecule has 1 N–H and O–H groups in total. The topological polar surface area (TPSA) is 12.0 Å². The molecule has 1 aromatic carbocycles. The summed E-state index contributed by atoms with van der Waals surface area (Å²) in [4.78, 5) is 0. The molecule has 0 fully saturated rings. The first-order valence-corrected chi connectivity index (χ1v) is 5.91. The van der Waals surface area contributed by atoms with Gasteiger partial charge in [-0.15, -0.1) is 0 Å². The van der Waals surface area contributed by atoms with E-state index in [9.17, 15) is 0 Å². The van der Waals surface area contributed by atoms with E-state index in [-0.39, 0.29) is 5.41 Å². The molecule has 0 saturated carbocycles. The zero-order chi connectivity index (χ0) is 11.5. The highest BCUT2D eigenvalue weighted by molar-refractivity contribution is 5.41. The first-order valence-electron chi connectivity index (χ1n) is 5.91. The number of hydrogen-bond acceptors (Lipinski definition) is 1. The zero-order valence-corrected chi connectivity index (χ0v) is 10.6. The van der Waals surface area contributed by atoms with E-state index in [0.29, 0.717) is 0 Å². The summed E-state index contributed by atoms with van der Waals surface area (Å²) in [5.74, 6) is 0. The van der Waals surface area contributed by atoms with Crippen molar-refractivity contribution in [2.24, 2.45) is 0 Å². The summed E-state index contributed by atoms with van der Waals surface area (Å²) >= 11 is 0. The Balaban J connectivity index is 0.000000531. The molecular formula is C14H23N. The third kappa shape index (κ3) is 2.60. The molecule has 1 heteroatoms. The minimum Gasteiger partial charge on any atom is -0.309 e. The van der Waals surface area contributed by atoms with Crippen molar-refractivity contribution >= 4 is 0 Å². The number of benzene rings is 1. The van der Waals surface area contributed by atoms with Gasteiger partial charge in [0.15, 0.2) is 0 Å². The fraction of sp³-hybridized carbons (Fsp3) is 0.571. The van der Waals surface area contributed by atoms with Gasteiger partial charge in [-0.25, -0.2) is 0 Å². The van der Waals surface area contributed by atoms with Crippen molar-refractivity contribution in [2.75, 3.05) is 0 Å². The lowest BCUT2D eigenvalue weighted by Crippen LogP contribution is -2.14. The Kier molecular flexibility index (Phi) is 3.92. The lowest BCUT2D eigenvalue weighted by atomic mass is 9.83. The van der Waals surface area contributed by atoms with Crippen LogP contribution in [0, 0.1) is 0 Å². The largest absolute Gasteiger partial charge is 0.309 e. The van der Waals surface area contributed by atoms with E-state index in [1.807, 2.05) is 13.8 Å². The molecule has 15 heavy (non-hydrogen) atoms. The minimum atomic E-state index is 0.275. The van der Waals surface area contributed by atoms with E-state index >= 15 is 0 Å². The molecule has 0 unspecified atom stereocenters. The standard InChI is InChI=1S/C12H17N.C2H6/c1-12(2,3)11-6-4-5-9-7-13-8-10(9)11;1-2/h4-6,13H,7-8H2,1-3H3;1-2H3. The van der Waals surface area contributed by atoms with Crippen molar-refractivity contribution in [3.8, 4) is 0 Å². The number of nitrogens with one attached hydrogen (secondary N) is 1. The van der Waals surface area contributed by atoms with Gasteiger partial charge in [0.1, 0.15) is 0 Å². The summed E-state index contributed by atoms with van der Waals surface area (Å²) < 4.78 is 0. The smallest absolute Gasteiger partial charge is 0.0214 e. The van der Waals surface area contributed by atoms with E-state index in [2.05, 4.69) is 44.3 Å². The molecular weight excluding hydrogens is 182 g/mol. The third-order valence-electron chi connectivity index (χ3n) is 2.70. The summed E-state index contributed by atoms with van der Waals surface area (Å²) in [6, 6.07) is 6.66. The van der Waals surface area contributed by atoms with Gasteiger partial charge in [0.05, 0.1) is 0 Å². The number of fused-ring (bicyclic) bond motifs is 1. The summed E-state index contributed by atoms with van der Waals surface area (Å²) in [5, 5.41) is 3.40. The molecule has 0 atom stereocenters. The van der Waals surface area contributed by atoms with Crippen LogP contribution in [0.1, 0.15) is 51.3 Å². The maximum absolute atomic E-state index is 3.40. The molecule has 0 bridgehead atoms. The van der Waals surface area contributed by atoms with Crippen LogP contribution in [0.5, 0.6) is 0 Å². The van der Waals surface area contributed by atoms with Crippen molar-refractivity contribution in [2.45, 2.75) is 53.1 Å². The monoisotopic (exact) mass is 205 g/mol. The molecule has 0 saturated heterocycles. The van der Waals surface area contributed by atoms with Gasteiger partial charge in [-0.2, -0.15) is 0 Å². The lowest BCUT2D eigenvalue weighted by molar-refractivity contribution is 0.582. The average Bonchev–Trinajstić information content (AvgIpc) is 2.66. The van der Waals surface area contributed by atoms with Crippen LogP contribution in [-0.2, 0) is 18.5 Å². The Hall–Kier alpha value is -0.820. The van der Waals surface area contributed by atoms with E-state index in [1.54, 1.807) is 0 Å². The van der Waals surface area contributed by atoms with Gasteiger partial charge in [-0.05, 0) is 22.1 Å². The predicted molar refractivity (Wildman–Crippen MR) is 67.0 cm³/mol. The van der Waals surface area contributed by atoms with Crippen molar-refractivity contribution < 1.29 is 0 Å². The molecule has 0 amide bonds. The summed E-state index contributed by atoms with van der Waals surface area (Å²) in [6.45, 7) is 12.9. The minimum absolute atomic E-state index is 0.275. The Morgan fingerprint density at radius 3 is 2.33 bits per heavy atom. The van der Waals surface area contributed by atoms with Crippen molar-refractivity contribution in [3.63, 3.8) is 0 Å². The Morgan fingerprint density at radius 1 is 1.07 bits per heavy atom. The summed E-state index contributed by atoms with van der Waals surface area (Å²) in [6.07, 6.45) is 0. The number of rotatable bonds is 0. The second-order valence-corrected chi connectivity index (χ2v) is 4.80. The van der Waals surface area contributed by atoms with Gasteiger partial charge in [-0.3, -0.25) is 0 Å². The average molecular weight is 205 g/mol. The molecule has 1 heterocycles. The normalized spacial score (nSPS) is 14.2. The molecule has 0 aliphatic carbocycles. The summed E-state index contributed by atoms with van der Waals surface area (Å²) in [5.41, 5.74) is 4.77. The molecule has 1 nitrogen and oxygen atoms in total. The highest BCUT2D eigenvalue weighted by Gasteiger charge is 2.21. The van der Waals surface area contributed by atoms with Gasteiger partial charge in [0, 0.05) is 13.1 Å². The molecule has 1 aromatic rings. The highest BCUT2D eigenvalue weighted by Crippen LogP contribution is 2.29. The van der Waals surface area contributed by atoms with Crippen LogP contribution >= 0.6 is 0 Å². The first kappa shape index (κ1) is 12.3. The molecule has 2 rings (SSSR count). The fourth-order valence-corrected chi connectivity index (χ4v) is 2.03. The van der Waals surface area contributed by atoms with Gasteiger partial charge >= 0.3 is 0 Å². The van der Waals surface area contributed by atoms with Crippen LogP contribution in [-0.4, -0.2) is 0 Å². The van der Waals surface area contributed by atoms with Crippen LogP contribution in [0.2, 0.25) is 0 Å². The van der Waals surface area contributed by atoms with Gasteiger partial charge < -0.3 is 5.32 Å². The molecule has 0 radical (unpaired) electrons. The zero-order valence-electron chi connectivity index (χ0n) is 10.6. The van der Waals surface area contributed by atoms with Crippen molar-refractivity contribution in [3.05, 3.63) is 34.9 Å². The maximum atomic E-state index is 3.40. The number of hydrogen-bond donors (Lipinski definition) is 1. The predicted octanol–water partition coefficient (Wildman–Crippen LogP) is 3.61. The van der Waals surface area contributed by atoms with Crippen LogP contribution in [0.3, 0.4) is 0 Å². The lowest BCUT2D eigenvalue weighted by Gasteiger charge is -2.22. The second kappa shape index (κ2) is 4.80. The Labute approximate surface area is 93.9 Å². The SMILES string of the molecule is CC.CC(C)(C)c1cccc2c1CNC2.